The van der Waals surface area contributed by atoms with Crippen molar-refractivity contribution < 1.29 is 4.79 Å². The van der Waals surface area contributed by atoms with Gasteiger partial charge in [-0.15, -0.1) is 0 Å². The fourth-order valence-corrected chi connectivity index (χ4v) is 2.04. The van der Waals surface area contributed by atoms with Gasteiger partial charge in [0, 0.05) is 0 Å². The van der Waals surface area contributed by atoms with Gasteiger partial charge in [0.05, 0.1) is 15.9 Å². The summed E-state index contributed by atoms with van der Waals surface area (Å²) < 4.78 is 0.149. The quantitative estimate of drug-likeness (QED) is 0.770. The number of aryl methyl sites for hydroxylation is 1. The zero-order valence-corrected chi connectivity index (χ0v) is 14.1. The van der Waals surface area contributed by atoms with Crippen molar-refractivity contribution in [3.8, 4) is 5.69 Å². The zero-order chi connectivity index (χ0) is 14.9. The molecule has 0 spiro atoms. The van der Waals surface area contributed by atoms with E-state index in [2.05, 4.69) is 26.3 Å². The van der Waals surface area contributed by atoms with Crippen LogP contribution in [0.4, 0.5) is 5.82 Å². The monoisotopic (exact) mass is 395 g/mol. The Labute approximate surface area is 139 Å². The first kappa shape index (κ1) is 15.6. The molecule has 0 saturated carbocycles. The second-order valence-corrected chi connectivity index (χ2v) is 7.02. The predicted molar refractivity (Wildman–Crippen MR) is 84.9 cm³/mol. The van der Waals surface area contributed by atoms with E-state index in [-0.39, 0.29) is 0 Å². The summed E-state index contributed by atoms with van der Waals surface area (Å²) in [6.07, 6.45) is 0. The van der Waals surface area contributed by atoms with Gasteiger partial charge in [0.1, 0.15) is 0 Å². The number of aromatic nitrogens is 2. The van der Waals surface area contributed by atoms with Crippen molar-refractivity contribution in [1.29, 1.82) is 0 Å². The van der Waals surface area contributed by atoms with Crippen LogP contribution < -0.4 is 5.32 Å². The number of hydrogen-bond acceptors (Lipinski definition) is 2. The SMILES string of the molecule is Cc1nn(-c2ccccc2)c(NC(=O)C(Cl)(Cl)Cl)c1Br. The van der Waals surface area contributed by atoms with E-state index in [0.29, 0.717) is 16.0 Å². The zero-order valence-electron chi connectivity index (χ0n) is 10.2. The maximum atomic E-state index is 11.8. The minimum atomic E-state index is -2.04. The molecule has 1 amide bonds. The Morgan fingerprint density at radius 1 is 1.30 bits per heavy atom. The molecular weight excluding hydrogens is 388 g/mol. The summed E-state index contributed by atoms with van der Waals surface area (Å²) in [5.41, 5.74) is 1.48. The molecule has 0 aliphatic carbocycles. The Balaban J connectivity index is 2.45. The molecule has 1 heterocycles. The number of rotatable bonds is 2. The molecule has 2 rings (SSSR count). The minimum Gasteiger partial charge on any atom is -0.306 e. The first-order valence-electron chi connectivity index (χ1n) is 5.49. The number of nitrogens with zero attached hydrogens (tertiary/aromatic N) is 2. The topological polar surface area (TPSA) is 46.9 Å². The van der Waals surface area contributed by atoms with Gasteiger partial charge >= 0.3 is 0 Å². The minimum absolute atomic E-state index is 0.407. The van der Waals surface area contributed by atoms with Gasteiger partial charge in [-0.1, -0.05) is 53.0 Å². The summed E-state index contributed by atoms with van der Waals surface area (Å²) in [4.78, 5) is 11.8. The van der Waals surface area contributed by atoms with E-state index in [4.69, 9.17) is 34.8 Å². The van der Waals surface area contributed by atoms with Crippen molar-refractivity contribution in [2.45, 2.75) is 10.7 Å². The molecule has 0 fully saturated rings. The van der Waals surface area contributed by atoms with Gasteiger partial charge in [0.15, 0.2) is 5.82 Å². The average Bonchev–Trinajstić information content (AvgIpc) is 2.67. The molecule has 0 radical (unpaired) electrons. The van der Waals surface area contributed by atoms with Crippen LogP contribution in [-0.4, -0.2) is 19.5 Å². The second-order valence-electron chi connectivity index (χ2n) is 3.95. The molecular formula is C12H9BrCl3N3O. The summed E-state index contributed by atoms with van der Waals surface area (Å²) in [5.74, 6) is -0.342. The lowest BCUT2D eigenvalue weighted by atomic mass is 10.3. The van der Waals surface area contributed by atoms with Crippen LogP contribution in [0, 0.1) is 6.92 Å². The Bertz CT molecular complexity index is 637. The van der Waals surface area contributed by atoms with Crippen molar-refractivity contribution in [1.82, 2.24) is 9.78 Å². The number of anilines is 1. The lowest BCUT2D eigenvalue weighted by Gasteiger charge is -2.13. The molecule has 1 aromatic heterocycles. The Morgan fingerprint density at radius 3 is 2.45 bits per heavy atom. The number of alkyl halides is 3. The molecule has 0 aliphatic heterocycles. The Morgan fingerprint density at radius 2 is 1.90 bits per heavy atom. The van der Waals surface area contributed by atoms with Crippen LogP contribution in [0.25, 0.3) is 5.69 Å². The molecule has 0 unspecified atom stereocenters. The Hall–Kier alpha value is -0.750. The number of hydrogen-bond donors (Lipinski definition) is 1. The molecule has 2 aromatic rings. The third kappa shape index (κ3) is 3.28. The van der Waals surface area contributed by atoms with Gasteiger partial charge in [-0.25, -0.2) is 4.68 Å². The number of amides is 1. The number of carbonyl (C=O) groups excluding carboxylic acids is 1. The number of nitrogens with one attached hydrogen (secondary N) is 1. The highest BCUT2D eigenvalue weighted by molar-refractivity contribution is 9.10. The van der Waals surface area contributed by atoms with Crippen LogP contribution in [0.3, 0.4) is 0 Å². The highest BCUT2D eigenvalue weighted by Crippen LogP contribution is 2.32. The molecule has 1 aromatic carbocycles. The molecule has 4 nitrogen and oxygen atoms in total. The van der Waals surface area contributed by atoms with Gasteiger partial charge in [-0.3, -0.25) is 4.79 Å². The van der Waals surface area contributed by atoms with Crippen LogP contribution in [0.2, 0.25) is 0 Å². The number of para-hydroxylation sites is 1. The van der Waals surface area contributed by atoms with Crippen molar-refractivity contribution in [2.75, 3.05) is 5.32 Å². The molecule has 20 heavy (non-hydrogen) atoms. The van der Waals surface area contributed by atoms with Gasteiger partial charge in [0.2, 0.25) is 0 Å². The largest absolute Gasteiger partial charge is 0.306 e. The van der Waals surface area contributed by atoms with E-state index >= 15 is 0 Å². The number of carbonyl (C=O) groups is 1. The summed E-state index contributed by atoms with van der Waals surface area (Å²) >= 11 is 20.1. The third-order valence-electron chi connectivity index (χ3n) is 2.48. The standard InChI is InChI=1S/C12H9BrCl3N3O/c1-7-9(13)10(17-11(20)12(14,15)16)19(18-7)8-5-3-2-4-6-8/h2-6H,1H3,(H,17,20). The molecule has 1 N–H and O–H groups in total. The van der Waals surface area contributed by atoms with Crippen LogP contribution >= 0.6 is 50.7 Å². The van der Waals surface area contributed by atoms with Crippen molar-refractivity contribution in [2.24, 2.45) is 0 Å². The highest BCUT2D eigenvalue weighted by Gasteiger charge is 2.32. The lowest BCUT2D eigenvalue weighted by Crippen LogP contribution is -2.28. The fraction of sp³-hybridized carbons (Fsp3) is 0.167. The summed E-state index contributed by atoms with van der Waals surface area (Å²) in [6, 6.07) is 9.31. The van der Waals surface area contributed by atoms with E-state index in [9.17, 15) is 4.79 Å². The lowest BCUT2D eigenvalue weighted by molar-refractivity contribution is -0.115. The van der Waals surface area contributed by atoms with Crippen LogP contribution in [0.1, 0.15) is 5.69 Å². The number of halogens is 4. The summed E-state index contributed by atoms with van der Waals surface area (Å²) in [5, 5.41) is 6.90. The summed E-state index contributed by atoms with van der Waals surface area (Å²) in [7, 11) is 0. The van der Waals surface area contributed by atoms with Gasteiger partial charge < -0.3 is 5.32 Å². The third-order valence-corrected chi connectivity index (χ3v) is 3.94. The molecule has 8 heteroatoms. The van der Waals surface area contributed by atoms with E-state index in [0.717, 1.165) is 5.69 Å². The van der Waals surface area contributed by atoms with E-state index < -0.39 is 9.70 Å². The fourth-order valence-electron chi connectivity index (χ4n) is 1.55. The summed E-state index contributed by atoms with van der Waals surface area (Å²) in [6.45, 7) is 1.80. The van der Waals surface area contributed by atoms with E-state index in [1.54, 1.807) is 11.6 Å². The van der Waals surface area contributed by atoms with E-state index in [1.165, 1.54) is 0 Å². The first-order valence-corrected chi connectivity index (χ1v) is 7.42. The molecule has 0 saturated heterocycles. The smallest absolute Gasteiger partial charge is 0.277 e. The highest BCUT2D eigenvalue weighted by atomic mass is 79.9. The average molecular weight is 397 g/mol. The van der Waals surface area contributed by atoms with Gasteiger partial charge in [0.25, 0.3) is 9.70 Å². The van der Waals surface area contributed by atoms with Crippen LogP contribution in [0.15, 0.2) is 34.8 Å². The van der Waals surface area contributed by atoms with Crippen LogP contribution in [-0.2, 0) is 4.79 Å². The molecule has 0 atom stereocenters. The maximum Gasteiger partial charge on any atom is 0.277 e. The Kier molecular flexibility index (Phi) is 4.64. The van der Waals surface area contributed by atoms with Gasteiger partial charge in [-0.05, 0) is 35.0 Å². The van der Waals surface area contributed by atoms with Crippen molar-refractivity contribution in [3.63, 3.8) is 0 Å². The second kappa shape index (κ2) is 5.93. The predicted octanol–water partition coefficient (Wildman–Crippen LogP) is 4.25. The normalized spacial score (nSPS) is 11.4. The van der Waals surface area contributed by atoms with Gasteiger partial charge in [-0.2, -0.15) is 5.10 Å². The van der Waals surface area contributed by atoms with E-state index in [1.807, 2.05) is 30.3 Å². The van der Waals surface area contributed by atoms with Crippen LogP contribution in [0.5, 0.6) is 0 Å². The molecule has 106 valence electrons. The maximum absolute atomic E-state index is 11.8. The van der Waals surface area contributed by atoms with Crippen molar-refractivity contribution >= 4 is 62.5 Å². The molecule has 0 bridgehead atoms. The molecule has 0 aliphatic rings. The first-order chi connectivity index (χ1) is 9.30. The van der Waals surface area contributed by atoms with Crippen molar-refractivity contribution in [3.05, 3.63) is 40.5 Å². The number of benzene rings is 1.